The maximum atomic E-state index is 12.1. The van der Waals surface area contributed by atoms with Crippen molar-refractivity contribution >= 4 is 27.7 Å². The Hall–Kier alpha value is -1.48. The fourth-order valence-electron chi connectivity index (χ4n) is 2.57. The molecule has 21 heavy (non-hydrogen) atoms. The topological polar surface area (TPSA) is 113 Å². The van der Waals surface area contributed by atoms with Crippen LogP contribution in [0.3, 0.4) is 0 Å². The SMILES string of the molecule is CS(=O)(=O)N1CCC(C(=O)NC2CCC(=O)NC2=O)CC1. The molecule has 0 saturated carbocycles. The van der Waals surface area contributed by atoms with Crippen molar-refractivity contribution in [1.82, 2.24) is 14.9 Å². The van der Waals surface area contributed by atoms with Gasteiger partial charge in [-0.05, 0) is 19.3 Å². The van der Waals surface area contributed by atoms with E-state index in [1.807, 2.05) is 0 Å². The zero-order valence-corrected chi connectivity index (χ0v) is 12.6. The monoisotopic (exact) mass is 317 g/mol. The van der Waals surface area contributed by atoms with Gasteiger partial charge in [-0.25, -0.2) is 12.7 Å². The van der Waals surface area contributed by atoms with Gasteiger partial charge in [0.1, 0.15) is 6.04 Å². The summed E-state index contributed by atoms with van der Waals surface area (Å²) in [6.45, 7) is 0.624. The van der Waals surface area contributed by atoms with E-state index >= 15 is 0 Å². The van der Waals surface area contributed by atoms with Crippen LogP contribution in [0.5, 0.6) is 0 Å². The van der Waals surface area contributed by atoms with Crippen molar-refractivity contribution in [3.05, 3.63) is 0 Å². The summed E-state index contributed by atoms with van der Waals surface area (Å²) in [6.07, 6.45) is 2.54. The van der Waals surface area contributed by atoms with Crippen LogP contribution < -0.4 is 10.6 Å². The zero-order chi connectivity index (χ0) is 15.6. The third-order valence-electron chi connectivity index (χ3n) is 3.85. The minimum absolute atomic E-state index is 0.212. The predicted octanol–water partition coefficient (Wildman–Crippen LogP) is -1.42. The first-order chi connectivity index (χ1) is 9.77. The molecule has 0 radical (unpaired) electrons. The van der Waals surface area contributed by atoms with Gasteiger partial charge in [0, 0.05) is 25.4 Å². The number of rotatable bonds is 3. The molecule has 2 saturated heterocycles. The van der Waals surface area contributed by atoms with Crippen molar-refractivity contribution in [2.24, 2.45) is 5.92 Å². The van der Waals surface area contributed by atoms with Crippen LogP contribution in [0.2, 0.25) is 0 Å². The second kappa shape index (κ2) is 6.10. The standard InChI is InChI=1S/C12H19N3O5S/c1-21(19,20)15-6-4-8(5-7-15)11(17)13-9-2-3-10(16)14-12(9)18/h8-9H,2-7H2,1H3,(H,13,17)(H,14,16,18). The lowest BCUT2D eigenvalue weighted by molar-refractivity contribution is -0.138. The molecule has 1 atom stereocenters. The van der Waals surface area contributed by atoms with Crippen molar-refractivity contribution in [3.8, 4) is 0 Å². The van der Waals surface area contributed by atoms with E-state index in [2.05, 4.69) is 10.6 Å². The fraction of sp³-hybridized carbons (Fsp3) is 0.750. The lowest BCUT2D eigenvalue weighted by Crippen LogP contribution is -2.54. The van der Waals surface area contributed by atoms with Gasteiger partial charge in [-0.2, -0.15) is 0 Å². The number of carbonyl (C=O) groups excluding carboxylic acids is 3. The van der Waals surface area contributed by atoms with E-state index in [0.29, 0.717) is 32.4 Å². The highest BCUT2D eigenvalue weighted by Crippen LogP contribution is 2.19. The quantitative estimate of drug-likeness (QED) is 0.620. The summed E-state index contributed by atoms with van der Waals surface area (Å²) in [5.74, 6) is -1.36. The average Bonchev–Trinajstić information content (AvgIpc) is 2.41. The molecule has 0 aromatic rings. The summed E-state index contributed by atoms with van der Waals surface area (Å²) >= 11 is 0. The first-order valence-electron chi connectivity index (χ1n) is 6.86. The number of hydrogen-bond acceptors (Lipinski definition) is 5. The van der Waals surface area contributed by atoms with Gasteiger partial charge in [0.25, 0.3) is 0 Å². The van der Waals surface area contributed by atoms with Crippen LogP contribution >= 0.6 is 0 Å². The molecule has 8 nitrogen and oxygen atoms in total. The minimum atomic E-state index is -3.22. The normalized spacial score (nSPS) is 25.5. The molecule has 2 fully saturated rings. The molecule has 0 aliphatic carbocycles. The van der Waals surface area contributed by atoms with Crippen LogP contribution in [-0.2, 0) is 24.4 Å². The Labute approximate surface area is 123 Å². The van der Waals surface area contributed by atoms with E-state index in [-0.39, 0.29) is 24.2 Å². The minimum Gasteiger partial charge on any atom is -0.344 e. The second-order valence-electron chi connectivity index (χ2n) is 5.45. The van der Waals surface area contributed by atoms with Crippen LogP contribution in [0.1, 0.15) is 25.7 Å². The van der Waals surface area contributed by atoms with Crippen molar-refractivity contribution < 1.29 is 22.8 Å². The number of carbonyl (C=O) groups is 3. The number of nitrogens with zero attached hydrogens (tertiary/aromatic N) is 1. The van der Waals surface area contributed by atoms with Gasteiger partial charge in [0.2, 0.25) is 27.7 Å². The lowest BCUT2D eigenvalue weighted by Gasteiger charge is -2.30. The van der Waals surface area contributed by atoms with Crippen LogP contribution in [-0.4, -0.2) is 55.8 Å². The molecule has 0 aromatic carbocycles. The van der Waals surface area contributed by atoms with E-state index in [4.69, 9.17) is 0 Å². The number of nitrogens with one attached hydrogen (secondary N) is 2. The summed E-state index contributed by atoms with van der Waals surface area (Å²) < 4.78 is 24.1. The molecule has 2 aliphatic heterocycles. The highest BCUT2D eigenvalue weighted by atomic mass is 32.2. The van der Waals surface area contributed by atoms with E-state index in [1.54, 1.807) is 0 Å². The number of sulfonamides is 1. The smallest absolute Gasteiger partial charge is 0.249 e. The molecule has 2 rings (SSSR count). The van der Waals surface area contributed by atoms with Crippen molar-refractivity contribution in [2.45, 2.75) is 31.7 Å². The molecule has 118 valence electrons. The number of imide groups is 1. The van der Waals surface area contributed by atoms with Crippen LogP contribution in [0.15, 0.2) is 0 Å². The first-order valence-corrected chi connectivity index (χ1v) is 8.71. The third kappa shape index (κ3) is 4.01. The molecule has 2 N–H and O–H groups in total. The Morgan fingerprint density at radius 2 is 1.86 bits per heavy atom. The molecule has 3 amide bonds. The highest BCUT2D eigenvalue weighted by molar-refractivity contribution is 7.88. The molecule has 0 bridgehead atoms. The molecular formula is C12H19N3O5S. The number of hydrogen-bond donors (Lipinski definition) is 2. The van der Waals surface area contributed by atoms with Gasteiger partial charge >= 0.3 is 0 Å². The lowest BCUT2D eigenvalue weighted by atomic mass is 9.96. The third-order valence-corrected chi connectivity index (χ3v) is 5.15. The van der Waals surface area contributed by atoms with Crippen LogP contribution in [0.4, 0.5) is 0 Å². The van der Waals surface area contributed by atoms with Crippen molar-refractivity contribution in [3.63, 3.8) is 0 Å². The van der Waals surface area contributed by atoms with Crippen molar-refractivity contribution in [2.75, 3.05) is 19.3 Å². The van der Waals surface area contributed by atoms with Gasteiger partial charge in [-0.1, -0.05) is 0 Å². The predicted molar refractivity (Wildman–Crippen MR) is 73.5 cm³/mol. The number of amides is 3. The Morgan fingerprint density at radius 1 is 1.24 bits per heavy atom. The maximum Gasteiger partial charge on any atom is 0.249 e. The van der Waals surface area contributed by atoms with Crippen molar-refractivity contribution in [1.29, 1.82) is 0 Å². The summed E-state index contributed by atoms with van der Waals surface area (Å²) in [5, 5.41) is 4.83. The van der Waals surface area contributed by atoms with E-state index in [9.17, 15) is 22.8 Å². The fourth-order valence-corrected chi connectivity index (χ4v) is 3.44. The van der Waals surface area contributed by atoms with Gasteiger partial charge in [-0.15, -0.1) is 0 Å². The first kappa shape index (κ1) is 15.9. The van der Waals surface area contributed by atoms with Gasteiger partial charge in [0.05, 0.1) is 6.26 Å². The Kier molecular flexibility index (Phi) is 4.62. The largest absolute Gasteiger partial charge is 0.344 e. The zero-order valence-electron chi connectivity index (χ0n) is 11.8. The van der Waals surface area contributed by atoms with E-state index in [1.165, 1.54) is 4.31 Å². The van der Waals surface area contributed by atoms with E-state index < -0.39 is 22.0 Å². The summed E-state index contributed by atoms with van der Waals surface area (Å²) in [7, 11) is -3.22. The molecule has 2 aliphatic rings. The molecule has 9 heteroatoms. The van der Waals surface area contributed by atoms with E-state index in [0.717, 1.165) is 6.26 Å². The summed E-state index contributed by atoms with van der Waals surface area (Å²) in [6, 6.07) is -0.678. The Morgan fingerprint density at radius 3 is 2.38 bits per heavy atom. The van der Waals surface area contributed by atoms with Gasteiger partial charge in [-0.3, -0.25) is 19.7 Å². The van der Waals surface area contributed by atoms with Crippen LogP contribution in [0, 0.1) is 5.92 Å². The van der Waals surface area contributed by atoms with Gasteiger partial charge in [0.15, 0.2) is 0 Å². The summed E-state index contributed by atoms with van der Waals surface area (Å²) in [5.41, 5.74) is 0. The molecule has 0 spiro atoms. The molecule has 1 unspecified atom stereocenters. The maximum absolute atomic E-state index is 12.1. The summed E-state index contributed by atoms with van der Waals surface area (Å²) in [4.78, 5) is 34.7. The van der Waals surface area contributed by atoms with Gasteiger partial charge < -0.3 is 5.32 Å². The Balaban J connectivity index is 1.85. The molecule has 0 aromatic heterocycles. The second-order valence-corrected chi connectivity index (χ2v) is 7.43. The Bertz CT molecular complexity index is 551. The van der Waals surface area contributed by atoms with Crippen LogP contribution in [0.25, 0.3) is 0 Å². The molecule has 2 heterocycles. The highest BCUT2D eigenvalue weighted by Gasteiger charge is 2.33. The molecular weight excluding hydrogens is 298 g/mol. The number of piperidine rings is 2. The average molecular weight is 317 g/mol.